The molecule has 0 unspecified atom stereocenters. The van der Waals surface area contributed by atoms with Crippen LogP contribution in [0.25, 0.3) is 0 Å². The Morgan fingerprint density at radius 1 is 0.970 bits per heavy atom. The maximum absolute atomic E-state index is 12.7. The molecule has 2 N–H and O–H groups in total. The van der Waals surface area contributed by atoms with E-state index in [0.29, 0.717) is 24.2 Å². The summed E-state index contributed by atoms with van der Waals surface area (Å²) in [4.78, 5) is 11.4. The Bertz CT molecular complexity index is 1270. The molecule has 0 fully saturated rings. The van der Waals surface area contributed by atoms with Crippen molar-refractivity contribution < 1.29 is 24.5 Å². The van der Waals surface area contributed by atoms with E-state index in [2.05, 4.69) is 30.7 Å². The van der Waals surface area contributed by atoms with E-state index in [0.717, 1.165) is 16.9 Å². The van der Waals surface area contributed by atoms with Gasteiger partial charge in [0, 0.05) is 7.97 Å². The van der Waals surface area contributed by atoms with Gasteiger partial charge in [0.15, 0.2) is 0 Å². The number of aryl methyl sites for hydroxylation is 2. The van der Waals surface area contributed by atoms with Crippen LogP contribution in [0.2, 0.25) is 0 Å². The number of carbonyl (C=O) groups is 1. The zero-order valence-corrected chi connectivity index (χ0v) is 20.1. The van der Waals surface area contributed by atoms with Crippen molar-refractivity contribution in [3.8, 4) is 5.75 Å². The van der Waals surface area contributed by atoms with Gasteiger partial charge in [-0.05, 0) is 91.8 Å². The number of benzene rings is 3. The molecule has 0 radical (unpaired) electrons. The van der Waals surface area contributed by atoms with E-state index < -0.39 is 16.0 Å². The second-order valence-corrected chi connectivity index (χ2v) is 9.92. The second kappa shape index (κ2) is 10.2. The highest BCUT2D eigenvalue weighted by Crippen LogP contribution is 2.21. The smallest absolute Gasteiger partial charge is 0.336 e. The standard InChI is InChI=1S/C26H29NO5S.H2/c1-17-6-5-7-22(19(17)3)16-32-23-10-8-21(9-11-23)12-13-27-33(30,31)24-14-18(2)20(4)25(15-24)26(28)29;/h5-11,14-15,27H,12-13,16H2,1-4H3,(H,28,29);1H. The number of carboxylic acid groups (broad SMARTS) is 1. The number of aromatic carboxylic acids is 1. The summed E-state index contributed by atoms with van der Waals surface area (Å²) in [6.45, 7) is 8.20. The number of ether oxygens (including phenoxy) is 1. The van der Waals surface area contributed by atoms with Crippen LogP contribution >= 0.6 is 0 Å². The van der Waals surface area contributed by atoms with Crippen LogP contribution in [0.1, 0.15) is 45.2 Å². The predicted octanol–water partition coefficient (Wildman–Crippen LogP) is 4.96. The molecule has 0 aromatic heterocycles. The predicted molar refractivity (Wildman–Crippen MR) is 131 cm³/mol. The van der Waals surface area contributed by atoms with Crippen LogP contribution in [0.4, 0.5) is 0 Å². The first-order chi connectivity index (χ1) is 15.6. The Labute approximate surface area is 196 Å². The molecule has 0 saturated heterocycles. The summed E-state index contributed by atoms with van der Waals surface area (Å²) in [5.74, 6) is -0.399. The topological polar surface area (TPSA) is 92.7 Å². The van der Waals surface area contributed by atoms with Crippen molar-refractivity contribution in [1.82, 2.24) is 4.72 Å². The summed E-state index contributed by atoms with van der Waals surface area (Å²) in [7, 11) is -3.82. The third-order valence-electron chi connectivity index (χ3n) is 5.92. The average Bonchev–Trinajstić information content (AvgIpc) is 2.77. The molecule has 3 aromatic carbocycles. The summed E-state index contributed by atoms with van der Waals surface area (Å²) in [6, 6.07) is 16.4. The Balaban J connectivity index is 0.00000408. The quantitative estimate of drug-likeness (QED) is 0.462. The van der Waals surface area contributed by atoms with Crippen molar-refractivity contribution in [3.63, 3.8) is 0 Å². The van der Waals surface area contributed by atoms with E-state index >= 15 is 0 Å². The molecule has 0 aliphatic rings. The largest absolute Gasteiger partial charge is 0.489 e. The lowest BCUT2D eigenvalue weighted by Gasteiger charge is -2.12. The molecule has 3 rings (SSSR count). The maximum atomic E-state index is 12.7. The molecule has 7 heteroatoms. The van der Waals surface area contributed by atoms with Crippen LogP contribution in [0, 0.1) is 27.7 Å². The molecular formula is C26H31NO5S. The van der Waals surface area contributed by atoms with Gasteiger partial charge in [-0.25, -0.2) is 17.9 Å². The van der Waals surface area contributed by atoms with Crippen LogP contribution in [0.15, 0.2) is 59.5 Å². The van der Waals surface area contributed by atoms with Crippen molar-refractivity contribution in [2.75, 3.05) is 6.54 Å². The summed E-state index contributed by atoms with van der Waals surface area (Å²) < 4.78 is 33.8. The molecule has 3 aromatic rings. The molecular weight excluding hydrogens is 438 g/mol. The Kier molecular flexibility index (Phi) is 7.56. The highest BCUT2D eigenvalue weighted by atomic mass is 32.2. The Morgan fingerprint density at radius 2 is 1.67 bits per heavy atom. The molecule has 0 atom stereocenters. The normalized spacial score (nSPS) is 11.4. The number of hydrogen-bond donors (Lipinski definition) is 2. The lowest BCUT2D eigenvalue weighted by molar-refractivity contribution is 0.0695. The molecule has 0 amide bonds. The highest BCUT2D eigenvalue weighted by molar-refractivity contribution is 7.89. The third-order valence-corrected chi connectivity index (χ3v) is 7.36. The Hall–Kier alpha value is -3.16. The van der Waals surface area contributed by atoms with E-state index in [1.165, 1.54) is 23.3 Å². The number of hydrogen-bond acceptors (Lipinski definition) is 4. The van der Waals surface area contributed by atoms with Crippen molar-refractivity contribution in [2.45, 2.75) is 45.6 Å². The SMILES string of the molecule is Cc1cccc(COc2ccc(CCNS(=O)(=O)c3cc(C)c(C)c(C(=O)O)c3)cc2)c1C.[HH]. The molecule has 0 saturated carbocycles. The second-order valence-electron chi connectivity index (χ2n) is 8.16. The van der Waals surface area contributed by atoms with Gasteiger partial charge in [-0.15, -0.1) is 0 Å². The first-order valence-corrected chi connectivity index (χ1v) is 12.2. The maximum Gasteiger partial charge on any atom is 0.336 e. The monoisotopic (exact) mass is 469 g/mol. The van der Waals surface area contributed by atoms with E-state index in [-0.39, 0.29) is 18.4 Å². The first-order valence-electron chi connectivity index (χ1n) is 10.7. The molecule has 0 bridgehead atoms. The van der Waals surface area contributed by atoms with Gasteiger partial charge in [0.2, 0.25) is 10.0 Å². The molecule has 176 valence electrons. The number of rotatable bonds is 9. The van der Waals surface area contributed by atoms with Gasteiger partial charge in [0.25, 0.3) is 0 Å². The van der Waals surface area contributed by atoms with Crippen molar-refractivity contribution in [3.05, 3.63) is 93.5 Å². The van der Waals surface area contributed by atoms with Gasteiger partial charge in [0.1, 0.15) is 12.4 Å². The number of sulfonamides is 1. The average molecular weight is 470 g/mol. The van der Waals surface area contributed by atoms with Gasteiger partial charge < -0.3 is 9.84 Å². The number of nitrogens with one attached hydrogen (secondary N) is 1. The van der Waals surface area contributed by atoms with Crippen molar-refractivity contribution >= 4 is 16.0 Å². The van der Waals surface area contributed by atoms with Crippen LogP contribution < -0.4 is 9.46 Å². The zero-order chi connectivity index (χ0) is 24.2. The summed E-state index contributed by atoms with van der Waals surface area (Å²) >= 11 is 0. The van der Waals surface area contributed by atoms with E-state index in [1.54, 1.807) is 13.8 Å². The molecule has 0 heterocycles. The van der Waals surface area contributed by atoms with E-state index in [1.807, 2.05) is 30.3 Å². The fourth-order valence-electron chi connectivity index (χ4n) is 3.50. The fraction of sp³-hybridized carbons (Fsp3) is 0.269. The summed E-state index contributed by atoms with van der Waals surface area (Å²) in [5.41, 5.74) is 5.73. The zero-order valence-electron chi connectivity index (χ0n) is 19.3. The van der Waals surface area contributed by atoms with E-state index in [9.17, 15) is 18.3 Å². The third kappa shape index (κ3) is 6.00. The molecule has 0 aliphatic heterocycles. The van der Waals surface area contributed by atoms with Crippen molar-refractivity contribution in [2.24, 2.45) is 0 Å². The van der Waals surface area contributed by atoms with Crippen LogP contribution in [-0.4, -0.2) is 26.0 Å². The van der Waals surface area contributed by atoms with Gasteiger partial charge in [-0.1, -0.05) is 30.3 Å². The van der Waals surface area contributed by atoms with Crippen LogP contribution in [0.3, 0.4) is 0 Å². The minimum Gasteiger partial charge on any atom is -0.489 e. The minimum absolute atomic E-state index is 0. The minimum atomic E-state index is -3.82. The summed E-state index contributed by atoms with van der Waals surface area (Å²) in [5, 5.41) is 9.33. The van der Waals surface area contributed by atoms with Gasteiger partial charge in [-0.3, -0.25) is 0 Å². The first kappa shape index (κ1) is 24.5. The fourth-order valence-corrected chi connectivity index (χ4v) is 4.64. The Morgan fingerprint density at radius 3 is 2.33 bits per heavy atom. The van der Waals surface area contributed by atoms with E-state index in [4.69, 9.17) is 4.74 Å². The van der Waals surface area contributed by atoms with Gasteiger partial charge in [-0.2, -0.15) is 0 Å². The molecule has 33 heavy (non-hydrogen) atoms. The van der Waals surface area contributed by atoms with Crippen LogP contribution in [-0.2, 0) is 23.1 Å². The van der Waals surface area contributed by atoms with Gasteiger partial charge >= 0.3 is 5.97 Å². The van der Waals surface area contributed by atoms with Crippen LogP contribution in [0.5, 0.6) is 5.75 Å². The lowest BCUT2D eigenvalue weighted by atomic mass is 10.0. The lowest BCUT2D eigenvalue weighted by Crippen LogP contribution is -2.26. The molecule has 6 nitrogen and oxygen atoms in total. The summed E-state index contributed by atoms with van der Waals surface area (Å²) in [6.07, 6.45) is 0.493. The van der Waals surface area contributed by atoms with Crippen molar-refractivity contribution in [1.29, 1.82) is 0 Å². The highest BCUT2D eigenvalue weighted by Gasteiger charge is 2.19. The van der Waals surface area contributed by atoms with Gasteiger partial charge in [0.05, 0.1) is 10.5 Å². The molecule has 0 spiro atoms. The molecule has 0 aliphatic carbocycles. The number of carboxylic acids is 1.